The van der Waals surface area contributed by atoms with Gasteiger partial charge in [-0.15, -0.1) is 0 Å². The highest BCUT2D eigenvalue weighted by atomic mass is 16.2. The van der Waals surface area contributed by atoms with Crippen molar-refractivity contribution >= 4 is 41.4 Å². The summed E-state index contributed by atoms with van der Waals surface area (Å²) in [6.07, 6.45) is 5.43. The summed E-state index contributed by atoms with van der Waals surface area (Å²) in [5.41, 5.74) is 1.36. The SMILES string of the molecule is O=C(N1CCCC1)N(c1ccccc1)C1(/N=C/N2CCCC2)C(=O)N(c2ccccc2)C(=O)N1c1ccccc1. The van der Waals surface area contributed by atoms with Gasteiger partial charge in [0, 0.05) is 26.2 Å². The molecule has 0 N–H and O–H groups in total. The zero-order valence-electron chi connectivity index (χ0n) is 22.3. The molecular weight excluding hydrogens is 504 g/mol. The van der Waals surface area contributed by atoms with E-state index in [0.29, 0.717) is 30.2 Å². The molecule has 3 aliphatic rings. The number of carbonyl (C=O) groups excluding carboxylic acids is 3. The summed E-state index contributed by atoms with van der Waals surface area (Å²) >= 11 is 0. The first kappa shape index (κ1) is 25.6. The van der Waals surface area contributed by atoms with E-state index in [9.17, 15) is 14.4 Å². The van der Waals surface area contributed by atoms with Crippen LogP contribution in [0.2, 0.25) is 0 Å². The molecule has 0 bridgehead atoms. The fraction of sp³-hybridized carbons (Fsp3) is 0.290. The fourth-order valence-electron chi connectivity index (χ4n) is 5.67. The van der Waals surface area contributed by atoms with E-state index < -0.39 is 17.7 Å². The molecule has 0 aromatic heterocycles. The predicted octanol–water partition coefficient (Wildman–Crippen LogP) is 5.16. The van der Waals surface area contributed by atoms with Crippen LogP contribution >= 0.6 is 0 Å². The van der Waals surface area contributed by atoms with E-state index in [1.165, 1.54) is 9.80 Å². The molecular formula is C31H32N6O3. The average molecular weight is 537 g/mol. The van der Waals surface area contributed by atoms with Crippen molar-refractivity contribution in [3.05, 3.63) is 91.0 Å². The summed E-state index contributed by atoms with van der Waals surface area (Å²) in [5, 5.41) is 0. The third-order valence-electron chi connectivity index (χ3n) is 7.65. The van der Waals surface area contributed by atoms with Crippen molar-refractivity contribution < 1.29 is 14.4 Å². The van der Waals surface area contributed by atoms with Crippen molar-refractivity contribution in [1.29, 1.82) is 0 Å². The van der Waals surface area contributed by atoms with Gasteiger partial charge < -0.3 is 9.80 Å². The Morgan fingerprint density at radius 2 is 1.25 bits per heavy atom. The number of para-hydroxylation sites is 3. The number of anilines is 3. The van der Waals surface area contributed by atoms with Crippen molar-refractivity contribution in [2.45, 2.75) is 31.5 Å². The maximum atomic E-state index is 14.9. The van der Waals surface area contributed by atoms with E-state index in [-0.39, 0.29) is 6.03 Å². The molecule has 3 fully saturated rings. The maximum absolute atomic E-state index is 14.9. The van der Waals surface area contributed by atoms with Crippen LogP contribution in [0.4, 0.5) is 26.7 Å². The van der Waals surface area contributed by atoms with Gasteiger partial charge in [0.2, 0.25) is 0 Å². The van der Waals surface area contributed by atoms with Crippen LogP contribution in [-0.2, 0) is 4.79 Å². The number of imide groups is 1. The lowest BCUT2D eigenvalue weighted by molar-refractivity contribution is -0.121. The molecule has 3 heterocycles. The smallest absolute Gasteiger partial charge is 0.339 e. The highest BCUT2D eigenvalue weighted by Gasteiger charge is 2.65. The van der Waals surface area contributed by atoms with Gasteiger partial charge in [0.05, 0.1) is 23.4 Å². The molecule has 5 amide bonds. The Hall–Kier alpha value is -4.66. The van der Waals surface area contributed by atoms with E-state index in [1.807, 2.05) is 47.4 Å². The van der Waals surface area contributed by atoms with E-state index >= 15 is 0 Å². The molecule has 9 nitrogen and oxygen atoms in total. The number of carbonyl (C=O) groups is 3. The van der Waals surface area contributed by atoms with Gasteiger partial charge in [-0.2, -0.15) is 0 Å². The first-order chi connectivity index (χ1) is 19.6. The van der Waals surface area contributed by atoms with Gasteiger partial charge in [0.25, 0.3) is 0 Å². The van der Waals surface area contributed by atoms with Gasteiger partial charge in [0.1, 0.15) is 0 Å². The zero-order chi connectivity index (χ0) is 27.5. The molecule has 204 valence electrons. The molecule has 0 aliphatic carbocycles. The largest absolute Gasteiger partial charge is 0.363 e. The lowest BCUT2D eigenvalue weighted by Gasteiger charge is -2.42. The Balaban J connectivity index is 1.62. The highest BCUT2D eigenvalue weighted by Crippen LogP contribution is 2.42. The van der Waals surface area contributed by atoms with Gasteiger partial charge in [-0.3, -0.25) is 4.79 Å². The summed E-state index contributed by atoms with van der Waals surface area (Å²) in [4.78, 5) is 56.4. The Labute approximate surface area is 233 Å². The average Bonchev–Trinajstić information content (AvgIpc) is 3.76. The molecule has 3 saturated heterocycles. The summed E-state index contributed by atoms with van der Waals surface area (Å²) < 4.78 is 0. The van der Waals surface area contributed by atoms with Crippen molar-refractivity contribution in [2.75, 3.05) is 40.9 Å². The second-order valence-corrected chi connectivity index (χ2v) is 10.2. The quantitative estimate of drug-likeness (QED) is 0.248. The van der Waals surface area contributed by atoms with Gasteiger partial charge in [-0.05, 0) is 62.1 Å². The molecule has 1 unspecified atom stereocenters. The minimum Gasteiger partial charge on any atom is -0.363 e. The van der Waals surface area contributed by atoms with Crippen LogP contribution in [0.3, 0.4) is 0 Å². The van der Waals surface area contributed by atoms with Gasteiger partial charge >= 0.3 is 23.8 Å². The van der Waals surface area contributed by atoms with Crippen LogP contribution in [0.25, 0.3) is 0 Å². The molecule has 1 atom stereocenters. The number of nitrogens with zero attached hydrogens (tertiary/aromatic N) is 6. The lowest BCUT2D eigenvalue weighted by atomic mass is 10.1. The Kier molecular flexibility index (Phi) is 6.94. The number of hydrogen-bond donors (Lipinski definition) is 0. The minimum absolute atomic E-state index is 0.362. The summed E-state index contributed by atoms with van der Waals surface area (Å²) in [7, 11) is 0. The first-order valence-electron chi connectivity index (χ1n) is 13.8. The Bertz CT molecular complexity index is 1390. The maximum Gasteiger partial charge on any atom is 0.339 e. The summed E-state index contributed by atoms with van der Waals surface area (Å²) in [6.45, 7) is 2.73. The van der Waals surface area contributed by atoms with E-state index in [1.54, 1.807) is 59.8 Å². The number of urea groups is 2. The van der Waals surface area contributed by atoms with Crippen LogP contribution < -0.4 is 14.7 Å². The second-order valence-electron chi connectivity index (χ2n) is 10.2. The van der Waals surface area contributed by atoms with E-state index in [0.717, 1.165) is 43.7 Å². The molecule has 6 rings (SSSR count). The van der Waals surface area contributed by atoms with Crippen LogP contribution in [0, 0.1) is 0 Å². The van der Waals surface area contributed by atoms with Gasteiger partial charge in [-0.1, -0.05) is 54.6 Å². The van der Waals surface area contributed by atoms with Crippen molar-refractivity contribution in [3.63, 3.8) is 0 Å². The summed E-state index contributed by atoms with van der Waals surface area (Å²) in [5.74, 6) is -2.64. The number of amides is 5. The van der Waals surface area contributed by atoms with Crippen molar-refractivity contribution in [2.24, 2.45) is 4.99 Å². The lowest BCUT2D eigenvalue weighted by Crippen LogP contribution is -2.66. The normalized spacial score (nSPS) is 21.2. The topological polar surface area (TPSA) is 79.8 Å². The predicted molar refractivity (Wildman–Crippen MR) is 155 cm³/mol. The number of rotatable bonds is 6. The molecule has 3 aromatic rings. The van der Waals surface area contributed by atoms with Crippen LogP contribution in [0.1, 0.15) is 25.7 Å². The summed E-state index contributed by atoms with van der Waals surface area (Å²) in [6, 6.07) is 25.9. The molecule has 9 heteroatoms. The van der Waals surface area contributed by atoms with Gasteiger partial charge in [0.15, 0.2) is 0 Å². The fourth-order valence-corrected chi connectivity index (χ4v) is 5.67. The molecule has 3 aliphatic heterocycles. The monoisotopic (exact) mass is 536 g/mol. The Morgan fingerprint density at radius 3 is 1.85 bits per heavy atom. The number of benzene rings is 3. The Morgan fingerprint density at radius 1 is 0.725 bits per heavy atom. The van der Waals surface area contributed by atoms with E-state index in [4.69, 9.17) is 4.99 Å². The number of hydrogen-bond acceptors (Lipinski definition) is 4. The van der Waals surface area contributed by atoms with Crippen molar-refractivity contribution in [3.8, 4) is 0 Å². The molecule has 0 radical (unpaired) electrons. The molecule has 40 heavy (non-hydrogen) atoms. The number of aliphatic imine (C=N–C) groups is 1. The highest BCUT2D eigenvalue weighted by molar-refractivity contribution is 6.32. The molecule has 0 saturated carbocycles. The second kappa shape index (κ2) is 10.8. The zero-order valence-corrected chi connectivity index (χ0v) is 22.3. The molecule has 0 spiro atoms. The van der Waals surface area contributed by atoms with Crippen LogP contribution in [0.15, 0.2) is 96.0 Å². The van der Waals surface area contributed by atoms with Crippen molar-refractivity contribution in [1.82, 2.24) is 9.80 Å². The third-order valence-corrected chi connectivity index (χ3v) is 7.65. The van der Waals surface area contributed by atoms with E-state index in [2.05, 4.69) is 0 Å². The first-order valence-corrected chi connectivity index (χ1v) is 13.8. The minimum atomic E-state index is -2.03. The molecule has 3 aromatic carbocycles. The standard InChI is InChI=1S/C31H32N6O3/c38-28-31(32-24-33-20-10-11-21-33,36(26-16-6-2-7-17-26)29(39)34-22-12-13-23-34)37(27-18-8-3-9-19-27)30(40)35(28)25-14-4-1-5-15-25/h1-9,14-19,24H,10-13,20-23H2/b32-24+. The third kappa shape index (κ3) is 4.37. The van der Waals surface area contributed by atoms with Gasteiger partial charge in [-0.25, -0.2) is 29.3 Å². The van der Waals surface area contributed by atoms with Crippen LogP contribution in [-0.4, -0.2) is 66.1 Å². The number of likely N-dealkylation sites (tertiary alicyclic amines) is 2. The van der Waals surface area contributed by atoms with Crippen LogP contribution in [0.5, 0.6) is 0 Å².